The number of halogens is 1. The van der Waals surface area contributed by atoms with Crippen LogP contribution < -0.4 is 10.6 Å². The number of hydrogen-bond acceptors (Lipinski definition) is 3. The third-order valence-electron chi connectivity index (χ3n) is 5.15. The fourth-order valence-electron chi connectivity index (χ4n) is 3.70. The summed E-state index contributed by atoms with van der Waals surface area (Å²) < 4.78 is 14.6. The molecular formula is C24H19FN4O. The number of anilines is 1. The van der Waals surface area contributed by atoms with Crippen molar-refractivity contribution in [2.24, 2.45) is 4.99 Å². The van der Waals surface area contributed by atoms with Crippen LogP contribution in [0.2, 0.25) is 0 Å². The maximum absolute atomic E-state index is 14.6. The predicted octanol–water partition coefficient (Wildman–Crippen LogP) is 4.21. The van der Waals surface area contributed by atoms with Crippen molar-refractivity contribution >= 4 is 28.2 Å². The van der Waals surface area contributed by atoms with Crippen LogP contribution in [-0.2, 0) is 11.3 Å². The Bertz CT molecular complexity index is 1240. The Morgan fingerprint density at radius 3 is 2.50 bits per heavy atom. The number of fused-ring (bicyclic) bond motifs is 2. The Balaban J connectivity index is 1.50. The summed E-state index contributed by atoms with van der Waals surface area (Å²) in [5.41, 5.74) is 4.07. The van der Waals surface area contributed by atoms with Crippen LogP contribution in [0.3, 0.4) is 0 Å². The number of aromatic amines is 1. The molecule has 6 heteroatoms. The van der Waals surface area contributed by atoms with Crippen molar-refractivity contribution in [2.75, 3.05) is 5.32 Å². The van der Waals surface area contributed by atoms with E-state index in [2.05, 4.69) is 20.6 Å². The van der Waals surface area contributed by atoms with Gasteiger partial charge in [0.05, 0.1) is 11.4 Å². The zero-order valence-electron chi connectivity index (χ0n) is 16.0. The van der Waals surface area contributed by atoms with Gasteiger partial charge in [0, 0.05) is 28.9 Å². The number of benzodiazepines with no additional fused rings is 1. The van der Waals surface area contributed by atoms with E-state index in [4.69, 9.17) is 0 Å². The first-order valence-electron chi connectivity index (χ1n) is 9.72. The van der Waals surface area contributed by atoms with E-state index in [9.17, 15) is 9.18 Å². The molecule has 0 aliphatic carbocycles. The maximum Gasteiger partial charge on any atom is 0.264 e. The zero-order valence-corrected chi connectivity index (χ0v) is 16.0. The molecule has 3 N–H and O–H groups in total. The van der Waals surface area contributed by atoms with Gasteiger partial charge in [0.2, 0.25) is 0 Å². The van der Waals surface area contributed by atoms with Gasteiger partial charge in [-0.3, -0.25) is 15.1 Å². The van der Waals surface area contributed by atoms with Gasteiger partial charge in [0.1, 0.15) is 5.82 Å². The van der Waals surface area contributed by atoms with E-state index in [1.807, 2.05) is 48.5 Å². The summed E-state index contributed by atoms with van der Waals surface area (Å²) in [6.07, 6.45) is -0.863. The molecule has 30 heavy (non-hydrogen) atoms. The van der Waals surface area contributed by atoms with E-state index in [1.165, 1.54) is 6.07 Å². The van der Waals surface area contributed by atoms with Crippen LogP contribution in [-0.4, -0.2) is 22.8 Å². The molecule has 0 spiro atoms. The first-order chi connectivity index (χ1) is 14.7. The number of carbonyl (C=O) groups excluding carboxylic acids is 1. The number of amides is 1. The average Bonchev–Trinajstić information content (AvgIpc) is 3.12. The molecule has 1 aliphatic rings. The molecule has 4 aromatic rings. The lowest BCUT2D eigenvalue weighted by atomic mass is 10.0. The highest BCUT2D eigenvalue weighted by molar-refractivity contribution is 6.19. The first-order valence-corrected chi connectivity index (χ1v) is 9.72. The lowest BCUT2D eigenvalue weighted by Crippen LogP contribution is -2.38. The summed E-state index contributed by atoms with van der Waals surface area (Å²) in [6.45, 7) is 0.414. The highest BCUT2D eigenvalue weighted by Crippen LogP contribution is 2.25. The van der Waals surface area contributed by atoms with Crippen molar-refractivity contribution in [1.82, 2.24) is 10.3 Å². The zero-order chi connectivity index (χ0) is 20.5. The Morgan fingerprint density at radius 2 is 1.67 bits per heavy atom. The van der Waals surface area contributed by atoms with E-state index >= 15 is 0 Å². The van der Waals surface area contributed by atoms with Crippen LogP contribution in [0.4, 0.5) is 10.1 Å². The molecule has 5 rings (SSSR count). The van der Waals surface area contributed by atoms with Gasteiger partial charge in [-0.25, -0.2) is 4.39 Å². The fraction of sp³-hybridized carbons (Fsp3) is 0.0833. The number of hydrogen-bond donors (Lipinski definition) is 3. The second-order valence-electron chi connectivity index (χ2n) is 7.16. The van der Waals surface area contributed by atoms with Gasteiger partial charge in [0.25, 0.3) is 5.91 Å². The van der Waals surface area contributed by atoms with Crippen LogP contribution >= 0.6 is 0 Å². The number of nitrogens with one attached hydrogen (secondary N) is 3. The minimum atomic E-state index is -0.863. The van der Waals surface area contributed by atoms with Gasteiger partial charge in [-0.05, 0) is 35.7 Å². The predicted molar refractivity (Wildman–Crippen MR) is 116 cm³/mol. The normalized spacial score (nSPS) is 16.0. The van der Waals surface area contributed by atoms with Crippen LogP contribution in [0.15, 0.2) is 83.9 Å². The molecule has 0 saturated carbocycles. The Morgan fingerprint density at radius 1 is 0.933 bits per heavy atom. The molecule has 0 saturated heterocycles. The number of rotatable bonds is 4. The van der Waals surface area contributed by atoms with Gasteiger partial charge in [-0.15, -0.1) is 0 Å². The number of aromatic nitrogens is 1. The number of para-hydroxylation sites is 2. The number of H-pyrrole nitrogens is 1. The molecule has 2 heterocycles. The van der Waals surface area contributed by atoms with Gasteiger partial charge in [-0.1, -0.05) is 48.5 Å². The van der Waals surface area contributed by atoms with E-state index in [0.717, 1.165) is 16.6 Å². The van der Waals surface area contributed by atoms with E-state index < -0.39 is 6.17 Å². The van der Waals surface area contributed by atoms with Crippen molar-refractivity contribution in [3.63, 3.8) is 0 Å². The fourth-order valence-corrected chi connectivity index (χ4v) is 3.70. The number of benzene rings is 3. The lowest BCUT2D eigenvalue weighted by molar-refractivity contribution is -0.118. The van der Waals surface area contributed by atoms with Crippen molar-refractivity contribution < 1.29 is 9.18 Å². The Labute approximate surface area is 172 Å². The third kappa shape index (κ3) is 3.38. The van der Waals surface area contributed by atoms with Gasteiger partial charge < -0.3 is 10.3 Å². The van der Waals surface area contributed by atoms with Crippen molar-refractivity contribution in [3.8, 4) is 0 Å². The molecule has 1 amide bonds. The van der Waals surface area contributed by atoms with Crippen molar-refractivity contribution in [3.05, 3.63) is 102 Å². The van der Waals surface area contributed by atoms with E-state index in [0.29, 0.717) is 29.1 Å². The quantitative estimate of drug-likeness (QED) is 0.482. The highest BCUT2D eigenvalue weighted by atomic mass is 19.1. The molecule has 0 radical (unpaired) electrons. The summed E-state index contributed by atoms with van der Waals surface area (Å²) in [5.74, 6) is -0.667. The van der Waals surface area contributed by atoms with Gasteiger partial charge in [-0.2, -0.15) is 0 Å². The summed E-state index contributed by atoms with van der Waals surface area (Å²) >= 11 is 0. The molecule has 0 unspecified atom stereocenters. The Hall–Kier alpha value is -3.77. The molecule has 1 aliphatic heterocycles. The van der Waals surface area contributed by atoms with Crippen LogP contribution in [0.25, 0.3) is 10.9 Å². The van der Waals surface area contributed by atoms with Crippen LogP contribution in [0, 0.1) is 5.82 Å². The second-order valence-corrected chi connectivity index (χ2v) is 7.16. The highest BCUT2D eigenvalue weighted by Gasteiger charge is 2.26. The summed E-state index contributed by atoms with van der Waals surface area (Å²) in [5, 5.41) is 7.19. The Kier molecular flexibility index (Phi) is 4.61. The number of nitrogens with zero attached hydrogens (tertiary/aromatic N) is 1. The molecule has 148 valence electrons. The van der Waals surface area contributed by atoms with Crippen LogP contribution in [0.1, 0.15) is 16.8 Å². The standard InChI is InChI=1S/C24H19FN4O/c25-19-10-4-2-8-17(19)22-18-9-3-6-12-21(18)28-24(30)23(29-22)26-14-16-13-15-7-1-5-11-20(15)27-16/h1-13,23,26-27H,14H2,(H,28,30)/t23-/m0/s1. The van der Waals surface area contributed by atoms with Crippen molar-refractivity contribution in [2.45, 2.75) is 12.7 Å². The molecule has 1 aromatic heterocycles. The average molecular weight is 398 g/mol. The molecule has 1 atom stereocenters. The SMILES string of the molecule is O=C1Nc2ccccc2C(c2ccccc2F)=N[C@@H]1NCc1cc2ccccc2[nH]1. The number of aliphatic imine (C=N–C) groups is 1. The molecule has 0 fully saturated rings. The summed E-state index contributed by atoms with van der Waals surface area (Å²) in [7, 11) is 0. The van der Waals surface area contributed by atoms with E-state index in [1.54, 1.807) is 24.3 Å². The minimum Gasteiger partial charge on any atom is -0.357 e. The van der Waals surface area contributed by atoms with E-state index in [-0.39, 0.29) is 11.7 Å². The molecular weight excluding hydrogens is 379 g/mol. The van der Waals surface area contributed by atoms with Gasteiger partial charge >= 0.3 is 0 Å². The third-order valence-corrected chi connectivity index (χ3v) is 5.15. The maximum atomic E-state index is 14.6. The smallest absolute Gasteiger partial charge is 0.264 e. The van der Waals surface area contributed by atoms with Crippen LogP contribution in [0.5, 0.6) is 0 Å². The van der Waals surface area contributed by atoms with Crippen molar-refractivity contribution in [1.29, 1.82) is 0 Å². The summed E-state index contributed by atoms with van der Waals surface area (Å²) in [4.78, 5) is 20.8. The molecule has 5 nitrogen and oxygen atoms in total. The minimum absolute atomic E-state index is 0.287. The molecule has 3 aromatic carbocycles. The largest absolute Gasteiger partial charge is 0.357 e. The summed E-state index contributed by atoms with van der Waals surface area (Å²) in [6, 6.07) is 23.8. The van der Waals surface area contributed by atoms with Gasteiger partial charge in [0.15, 0.2) is 6.17 Å². The monoisotopic (exact) mass is 398 g/mol. The second kappa shape index (κ2) is 7.57. The lowest BCUT2D eigenvalue weighted by Gasteiger charge is -2.13. The number of carbonyl (C=O) groups is 1. The first kappa shape index (κ1) is 18.3. The molecule has 0 bridgehead atoms. The topological polar surface area (TPSA) is 69.3 Å².